The summed E-state index contributed by atoms with van der Waals surface area (Å²) < 4.78 is 0. The molecule has 6 heteroatoms. The Morgan fingerprint density at radius 1 is 0.794 bits per heavy atom. The van der Waals surface area contributed by atoms with Gasteiger partial charge in [-0.3, -0.25) is 4.79 Å². The summed E-state index contributed by atoms with van der Waals surface area (Å²) in [7, 11) is 0. The number of carbonyl (C=O) groups is 1. The Kier molecular flexibility index (Phi) is 4.71. The van der Waals surface area contributed by atoms with Crippen LogP contribution in [0.2, 0.25) is 0 Å². The molecule has 0 spiro atoms. The molecule has 0 unspecified atom stereocenters. The molecule has 168 valence electrons. The summed E-state index contributed by atoms with van der Waals surface area (Å²) in [6.45, 7) is 1.33. The molecule has 3 N–H and O–H groups in total. The number of nitrogens with zero attached hydrogens (tertiary/aromatic N) is 3. The van der Waals surface area contributed by atoms with Crippen LogP contribution in [0.3, 0.4) is 0 Å². The number of aliphatic hydroxyl groups is 1. The maximum Gasteiger partial charge on any atom is 0.221 e. The van der Waals surface area contributed by atoms with Gasteiger partial charge in [0.2, 0.25) is 5.95 Å². The first-order chi connectivity index (χ1) is 16.5. The molecule has 0 bridgehead atoms. The van der Waals surface area contributed by atoms with E-state index in [0.29, 0.717) is 48.4 Å². The number of ketones is 1. The van der Waals surface area contributed by atoms with Crippen molar-refractivity contribution in [1.82, 2.24) is 9.97 Å². The highest BCUT2D eigenvalue weighted by Gasteiger charge is 2.38. The van der Waals surface area contributed by atoms with E-state index in [1.54, 1.807) is 0 Å². The second-order valence-electron chi connectivity index (χ2n) is 8.93. The van der Waals surface area contributed by atoms with Crippen LogP contribution in [0, 0.1) is 0 Å². The number of rotatable bonds is 3. The lowest BCUT2D eigenvalue weighted by molar-refractivity contribution is 0.0118. The standard InChI is InChI=1S/C28H24N4O2/c29-27-30-24(18-8-3-1-4-9-18)23-25(31-27)22-20(26(23)33)12-7-13-21(22)32-16-14-28(34,15-17-32)19-10-5-2-6-11-19/h1-13,34H,14-17H2,(H2,29,30,31). The zero-order valence-electron chi connectivity index (χ0n) is 18.6. The van der Waals surface area contributed by atoms with Crippen molar-refractivity contribution in [3.63, 3.8) is 0 Å². The molecular formula is C28H24N4O2. The minimum Gasteiger partial charge on any atom is -0.385 e. The smallest absolute Gasteiger partial charge is 0.221 e. The number of hydrogen-bond donors (Lipinski definition) is 2. The molecule has 0 amide bonds. The van der Waals surface area contributed by atoms with E-state index in [0.717, 1.165) is 22.4 Å². The van der Waals surface area contributed by atoms with E-state index in [9.17, 15) is 9.90 Å². The van der Waals surface area contributed by atoms with Crippen LogP contribution in [0.25, 0.3) is 22.5 Å². The molecule has 0 saturated carbocycles. The van der Waals surface area contributed by atoms with Crippen LogP contribution in [-0.4, -0.2) is 33.9 Å². The van der Waals surface area contributed by atoms with E-state index in [1.165, 1.54) is 0 Å². The van der Waals surface area contributed by atoms with Crippen LogP contribution in [0.4, 0.5) is 11.6 Å². The summed E-state index contributed by atoms with van der Waals surface area (Å²) in [5.74, 6) is 0.0636. The van der Waals surface area contributed by atoms with Gasteiger partial charge in [-0.2, -0.15) is 0 Å². The maximum absolute atomic E-state index is 13.5. The van der Waals surface area contributed by atoms with Gasteiger partial charge in [0.25, 0.3) is 0 Å². The van der Waals surface area contributed by atoms with Gasteiger partial charge in [-0.1, -0.05) is 72.8 Å². The molecule has 34 heavy (non-hydrogen) atoms. The van der Waals surface area contributed by atoms with E-state index in [-0.39, 0.29) is 11.7 Å². The largest absolute Gasteiger partial charge is 0.385 e. The number of benzene rings is 3. The van der Waals surface area contributed by atoms with Crippen molar-refractivity contribution >= 4 is 17.4 Å². The Morgan fingerprint density at radius 3 is 2.15 bits per heavy atom. The van der Waals surface area contributed by atoms with E-state index in [4.69, 9.17) is 5.73 Å². The number of hydrogen-bond acceptors (Lipinski definition) is 6. The lowest BCUT2D eigenvalue weighted by atomic mass is 9.84. The zero-order chi connectivity index (χ0) is 23.3. The maximum atomic E-state index is 13.5. The van der Waals surface area contributed by atoms with Crippen LogP contribution < -0.4 is 10.6 Å². The predicted molar refractivity (Wildman–Crippen MR) is 133 cm³/mol. The highest BCUT2D eigenvalue weighted by Crippen LogP contribution is 2.46. The van der Waals surface area contributed by atoms with E-state index in [1.807, 2.05) is 78.9 Å². The number of anilines is 2. The quantitative estimate of drug-likeness (QED) is 0.424. The van der Waals surface area contributed by atoms with Crippen molar-refractivity contribution in [3.8, 4) is 22.5 Å². The van der Waals surface area contributed by atoms with Gasteiger partial charge in [-0.15, -0.1) is 0 Å². The third kappa shape index (κ3) is 3.18. The fourth-order valence-corrected chi connectivity index (χ4v) is 5.21. The molecule has 1 fully saturated rings. The summed E-state index contributed by atoms with van der Waals surface area (Å²) in [6.07, 6.45) is 1.20. The third-order valence-corrected chi connectivity index (χ3v) is 6.97. The first kappa shape index (κ1) is 20.6. The molecule has 1 aliphatic heterocycles. The van der Waals surface area contributed by atoms with Crippen molar-refractivity contribution in [3.05, 3.63) is 95.6 Å². The van der Waals surface area contributed by atoms with Gasteiger partial charge in [0.1, 0.15) is 0 Å². The normalized spacial score (nSPS) is 16.3. The molecule has 1 aromatic heterocycles. The Bertz CT molecular complexity index is 1400. The van der Waals surface area contributed by atoms with Crippen molar-refractivity contribution in [2.24, 2.45) is 0 Å². The number of fused-ring (bicyclic) bond motifs is 3. The number of carbonyl (C=O) groups excluding carboxylic acids is 1. The van der Waals surface area contributed by atoms with Gasteiger partial charge in [0.05, 0.1) is 22.6 Å². The second kappa shape index (κ2) is 7.78. The lowest BCUT2D eigenvalue weighted by Gasteiger charge is -2.40. The van der Waals surface area contributed by atoms with Gasteiger partial charge in [0.15, 0.2) is 5.78 Å². The Balaban J connectivity index is 1.41. The van der Waals surface area contributed by atoms with E-state index < -0.39 is 5.60 Å². The first-order valence-electron chi connectivity index (χ1n) is 11.5. The van der Waals surface area contributed by atoms with Crippen LogP contribution in [0.15, 0.2) is 78.9 Å². The van der Waals surface area contributed by atoms with Crippen molar-refractivity contribution < 1.29 is 9.90 Å². The number of aromatic nitrogens is 2. The molecule has 0 atom stereocenters. The van der Waals surface area contributed by atoms with Gasteiger partial charge < -0.3 is 15.7 Å². The molecule has 0 radical (unpaired) electrons. The molecule has 2 aliphatic rings. The molecule has 6 rings (SSSR count). The third-order valence-electron chi connectivity index (χ3n) is 6.97. The summed E-state index contributed by atoms with van der Waals surface area (Å²) >= 11 is 0. The van der Waals surface area contributed by atoms with Crippen LogP contribution in [0.1, 0.15) is 34.3 Å². The van der Waals surface area contributed by atoms with Crippen LogP contribution >= 0.6 is 0 Å². The minimum atomic E-state index is -0.851. The number of nitrogens with two attached hydrogens (primary N) is 1. The summed E-state index contributed by atoms with van der Waals surface area (Å²) in [5.41, 5.74) is 11.1. The molecule has 1 saturated heterocycles. The molecule has 1 aliphatic carbocycles. The Labute approximate surface area is 197 Å². The molecule has 6 nitrogen and oxygen atoms in total. The minimum absolute atomic E-state index is 0.0801. The summed E-state index contributed by atoms with van der Waals surface area (Å²) in [5, 5.41) is 11.3. The fourth-order valence-electron chi connectivity index (χ4n) is 5.21. The predicted octanol–water partition coefficient (Wildman–Crippen LogP) is 4.43. The lowest BCUT2D eigenvalue weighted by Crippen LogP contribution is -2.42. The second-order valence-corrected chi connectivity index (χ2v) is 8.93. The zero-order valence-corrected chi connectivity index (χ0v) is 18.6. The fraction of sp³-hybridized carbons (Fsp3) is 0.179. The van der Waals surface area contributed by atoms with E-state index >= 15 is 0 Å². The van der Waals surface area contributed by atoms with Crippen molar-refractivity contribution in [1.29, 1.82) is 0 Å². The van der Waals surface area contributed by atoms with E-state index in [2.05, 4.69) is 14.9 Å². The highest BCUT2D eigenvalue weighted by molar-refractivity contribution is 6.25. The molecule has 3 aromatic carbocycles. The summed E-state index contributed by atoms with van der Waals surface area (Å²) in [6, 6.07) is 25.2. The average molecular weight is 449 g/mol. The van der Waals surface area contributed by atoms with Crippen molar-refractivity contribution in [2.75, 3.05) is 23.7 Å². The summed E-state index contributed by atoms with van der Waals surface area (Å²) in [4.78, 5) is 24.7. The van der Waals surface area contributed by atoms with Crippen molar-refractivity contribution in [2.45, 2.75) is 18.4 Å². The topological polar surface area (TPSA) is 92.3 Å². The monoisotopic (exact) mass is 448 g/mol. The molecular weight excluding hydrogens is 424 g/mol. The number of nitrogen functional groups attached to an aromatic ring is 1. The molecule has 2 heterocycles. The van der Waals surface area contributed by atoms with Crippen LogP contribution in [-0.2, 0) is 5.60 Å². The Hall–Kier alpha value is -4.03. The van der Waals surface area contributed by atoms with Gasteiger partial charge >= 0.3 is 0 Å². The number of piperidine rings is 1. The highest BCUT2D eigenvalue weighted by atomic mass is 16.3. The van der Waals surface area contributed by atoms with Crippen LogP contribution in [0.5, 0.6) is 0 Å². The first-order valence-corrected chi connectivity index (χ1v) is 11.5. The molecule has 4 aromatic rings. The van der Waals surface area contributed by atoms with Gasteiger partial charge in [-0.25, -0.2) is 9.97 Å². The van der Waals surface area contributed by atoms with Gasteiger partial charge in [0, 0.05) is 35.5 Å². The average Bonchev–Trinajstić information content (AvgIpc) is 3.17. The SMILES string of the molecule is Nc1nc(-c2ccccc2)c2c(n1)-c1c(cccc1N1CCC(O)(c3ccccc3)CC1)C2=O. The van der Waals surface area contributed by atoms with Gasteiger partial charge in [-0.05, 0) is 24.5 Å². The Morgan fingerprint density at radius 2 is 1.44 bits per heavy atom.